The van der Waals surface area contributed by atoms with Crippen molar-refractivity contribution in [1.29, 1.82) is 0 Å². The first-order valence-electron chi connectivity index (χ1n) is 10.8. The molecule has 1 aliphatic heterocycles. The van der Waals surface area contributed by atoms with Crippen LogP contribution >= 0.6 is 0 Å². The van der Waals surface area contributed by atoms with Gasteiger partial charge in [-0.15, -0.1) is 5.10 Å². The Morgan fingerprint density at radius 3 is 2.86 bits per heavy atom. The van der Waals surface area contributed by atoms with Crippen LogP contribution in [0.1, 0.15) is 23.0 Å². The molecule has 0 unspecified atom stereocenters. The summed E-state index contributed by atoms with van der Waals surface area (Å²) in [5.41, 5.74) is 6.72. The lowest BCUT2D eigenvalue weighted by Gasteiger charge is -2.14. The Morgan fingerprint density at radius 2 is 2.14 bits per heavy atom. The van der Waals surface area contributed by atoms with E-state index in [1.807, 2.05) is 0 Å². The summed E-state index contributed by atoms with van der Waals surface area (Å²) in [7, 11) is 1.22. The number of methoxy groups -OCH3 is 1. The monoisotopic (exact) mass is 502 g/mol. The van der Waals surface area contributed by atoms with E-state index in [1.54, 1.807) is 6.92 Å². The number of esters is 1. The van der Waals surface area contributed by atoms with Crippen molar-refractivity contribution >= 4 is 29.7 Å². The van der Waals surface area contributed by atoms with Crippen LogP contribution in [-0.2, 0) is 20.8 Å². The SMILES string of the molecule is CCOC(=O)c1cn(Cc2cn(-c3ccc(N4C[C@H](CNC(=O)OC)OC4=O)cc3F)nn2)nc1N. The van der Waals surface area contributed by atoms with Crippen molar-refractivity contribution < 1.29 is 33.0 Å². The van der Waals surface area contributed by atoms with E-state index in [0.717, 1.165) is 0 Å². The van der Waals surface area contributed by atoms with Crippen molar-refractivity contribution in [3.8, 4) is 5.69 Å². The Morgan fingerprint density at radius 1 is 1.33 bits per heavy atom. The van der Waals surface area contributed by atoms with Crippen LogP contribution in [0.4, 0.5) is 25.5 Å². The van der Waals surface area contributed by atoms with Crippen LogP contribution in [0.25, 0.3) is 5.69 Å². The lowest BCUT2D eigenvalue weighted by molar-refractivity contribution is 0.0527. The van der Waals surface area contributed by atoms with Gasteiger partial charge in [-0.05, 0) is 25.1 Å². The Bertz CT molecular complexity index is 1290. The van der Waals surface area contributed by atoms with E-state index in [9.17, 15) is 18.8 Å². The quantitative estimate of drug-likeness (QED) is 0.336. The third-order valence-corrected chi connectivity index (χ3v) is 5.17. The molecular formula is C21H23FN8O6. The van der Waals surface area contributed by atoms with Crippen LogP contribution in [0.5, 0.6) is 0 Å². The number of halogens is 1. The molecular weight excluding hydrogens is 479 g/mol. The Labute approximate surface area is 203 Å². The molecule has 3 aromatic rings. The van der Waals surface area contributed by atoms with E-state index in [2.05, 4.69) is 25.5 Å². The summed E-state index contributed by atoms with van der Waals surface area (Å²) < 4.78 is 32.2. The van der Waals surface area contributed by atoms with Gasteiger partial charge in [0.15, 0.2) is 11.6 Å². The summed E-state index contributed by atoms with van der Waals surface area (Å²) in [6.45, 7) is 2.19. The van der Waals surface area contributed by atoms with E-state index in [1.165, 1.54) is 52.0 Å². The molecule has 36 heavy (non-hydrogen) atoms. The number of nitrogen functional groups attached to an aromatic ring is 1. The van der Waals surface area contributed by atoms with Crippen molar-refractivity contribution in [1.82, 2.24) is 30.1 Å². The number of carbonyl (C=O) groups excluding carboxylic acids is 3. The van der Waals surface area contributed by atoms with Gasteiger partial charge in [-0.3, -0.25) is 9.58 Å². The summed E-state index contributed by atoms with van der Waals surface area (Å²) >= 11 is 0. The molecule has 0 radical (unpaired) electrons. The third-order valence-electron chi connectivity index (χ3n) is 5.17. The fourth-order valence-corrected chi connectivity index (χ4v) is 3.50. The minimum absolute atomic E-state index is 0.0197. The first-order valence-corrected chi connectivity index (χ1v) is 10.8. The molecule has 3 heterocycles. The summed E-state index contributed by atoms with van der Waals surface area (Å²) in [5.74, 6) is -1.22. The molecule has 1 atom stereocenters. The average molecular weight is 502 g/mol. The first kappa shape index (κ1) is 24.4. The fourth-order valence-electron chi connectivity index (χ4n) is 3.50. The number of nitrogens with zero attached hydrogens (tertiary/aromatic N) is 6. The van der Waals surface area contributed by atoms with Crippen molar-refractivity contribution in [3.05, 3.63) is 47.7 Å². The highest BCUT2D eigenvalue weighted by Crippen LogP contribution is 2.25. The van der Waals surface area contributed by atoms with Gasteiger partial charge >= 0.3 is 18.2 Å². The molecule has 2 aromatic heterocycles. The van der Waals surface area contributed by atoms with E-state index >= 15 is 0 Å². The summed E-state index contributed by atoms with van der Waals surface area (Å²) in [6.07, 6.45) is 1.01. The highest BCUT2D eigenvalue weighted by Gasteiger charge is 2.33. The minimum Gasteiger partial charge on any atom is -0.462 e. The van der Waals surface area contributed by atoms with Crippen molar-refractivity contribution in [2.24, 2.45) is 0 Å². The van der Waals surface area contributed by atoms with Gasteiger partial charge in [0.2, 0.25) is 0 Å². The number of carbonyl (C=O) groups is 3. The molecule has 0 aliphatic carbocycles. The molecule has 0 saturated carbocycles. The predicted molar refractivity (Wildman–Crippen MR) is 121 cm³/mol. The zero-order valence-corrected chi connectivity index (χ0v) is 19.4. The van der Waals surface area contributed by atoms with Gasteiger partial charge < -0.3 is 25.3 Å². The maximum absolute atomic E-state index is 14.9. The second-order valence-corrected chi connectivity index (χ2v) is 7.63. The maximum atomic E-state index is 14.9. The number of hydrogen-bond donors (Lipinski definition) is 2. The van der Waals surface area contributed by atoms with Gasteiger partial charge in [0, 0.05) is 6.20 Å². The molecule has 1 fully saturated rings. The summed E-state index contributed by atoms with van der Waals surface area (Å²) in [4.78, 5) is 36.6. The Kier molecular flexibility index (Phi) is 6.98. The number of amides is 2. The number of aromatic nitrogens is 5. The fraction of sp³-hybridized carbons (Fsp3) is 0.333. The zero-order valence-electron chi connectivity index (χ0n) is 19.4. The van der Waals surface area contributed by atoms with Crippen LogP contribution in [0.2, 0.25) is 0 Å². The smallest absolute Gasteiger partial charge is 0.414 e. The number of benzene rings is 1. The van der Waals surface area contributed by atoms with Gasteiger partial charge in [-0.2, -0.15) is 5.10 Å². The van der Waals surface area contributed by atoms with E-state index < -0.39 is 30.1 Å². The number of rotatable bonds is 8. The van der Waals surface area contributed by atoms with Crippen LogP contribution in [0.3, 0.4) is 0 Å². The number of anilines is 2. The minimum atomic E-state index is -0.664. The largest absolute Gasteiger partial charge is 0.462 e. The molecule has 1 aliphatic rings. The number of nitrogens with one attached hydrogen (secondary N) is 1. The van der Waals surface area contributed by atoms with Crippen molar-refractivity contribution in [2.45, 2.75) is 19.6 Å². The number of ether oxygens (including phenoxy) is 3. The molecule has 2 amide bonds. The van der Waals surface area contributed by atoms with Crippen LogP contribution < -0.4 is 16.0 Å². The van der Waals surface area contributed by atoms with Crippen molar-refractivity contribution in [2.75, 3.05) is 37.4 Å². The van der Waals surface area contributed by atoms with Crippen LogP contribution in [0.15, 0.2) is 30.6 Å². The van der Waals surface area contributed by atoms with Gasteiger partial charge in [0.05, 0.1) is 45.2 Å². The van der Waals surface area contributed by atoms with Gasteiger partial charge in [-0.1, -0.05) is 5.21 Å². The van der Waals surface area contributed by atoms with Gasteiger partial charge in [0.1, 0.15) is 23.0 Å². The van der Waals surface area contributed by atoms with E-state index in [-0.39, 0.29) is 49.0 Å². The zero-order chi connectivity index (χ0) is 25.8. The number of alkyl carbamates (subject to hydrolysis) is 1. The second-order valence-electron chi connectivity index (χ2n) is 7.63. The second kappa shape index (κ2) is 10.3. The van der Waals surface area contributed by atoms with Crippen LogP contribution in [-0.4, -0.2) is 75.8 Å². The average Bonchev–Trinajstić information content (AvgIpc) is 3.56. The Balaban J connectivity index is 1.44. The normalized spacial score (nSPS) is 15.0. The van der Waals surface area contributed by atoms with E-state index in [0.29, 0.717) is 5.69 Å². The number of hydrogen-bond acceptors (Lipinski definition) is 10. The van der Waals surface area contributed by atoms with Crippen molar-refractivity contribution in [3.63, 3.8) is 0 Å². The van der Waals surface area contributed by atoms with E-state index in [4.69, 9.17) is 15.2 Å². The molecule has 3 N–H and O–H groups in total. The lowest BCUT2D eigenvalue weighted by atomic mass is 10.2. The lowest BCUT2D eigenvalue weighted by Crippen LogP contribution is -2.34. The molecule has 4 rings (SSSR count). The summed E-state index contributed by atoms with van der Waals surface area (Å²) in [5, 5.41) is 14.5. The molecule has 190 valence electrons. The third kappa shape index (κ3) is 5.18. The molecule has 0 spiro atoms. The topological polar surface area (TPSA) is 169 Å². The first-order chi connectivity index (χ1) is 17.3. The number of cyclic esters (lactones) is 1. The maximum Gasteiger partial charge on any atom is 0.414 e. The standard InChI is InChI=1S/C21H23FN8O6/c1-3-35-19(31)15-11-28(26-18(15)23)8-12-9-30(27-25-12)17-5-4-13(6-16(17)22)29-10-14(36-21(29)33)7-24-20(32)34-2/h4-6,9,11,14H,3,7-8,10H2,1-2H3,(H2,23,26)(H,24,32)/t14-/m0/s1. The Hall–Kier alpha value is -4.69. The molecule has 14 nitrogen and oxygen atoms in total. The molecule has 1 saturated heterocycles. The predicted octanol–water partition coefficient (Wildman–Crippen LogP) is 1.09. The van der Waals surface area contributed by atoms with Gasteiger partial charge in [0.25, 0.3) is 0 Å². The highest BCUT2D eigenvalue weighted by molar-refractivity contribution is 5.93. The van der Waals surface area contributed by atoms with Gasteiger partial charge in [-0.25, -0.2) is 23.5 Å². The molecule has 1 aromatic carbocycles. The highest BCUT2D eigenvalue weighted by atomic mass is 19.1. The number of nitrogens with two attached hydrogens (primary N) is 1. The molecule has 0 bridgehead atoms. The van der Waals surface area contributed by atoms with Crippen LogP contribution in [0, 0.1) is 5.82 Å². The molecule has 15 heteroatoms. The summed E-state index contributed by atoms with van der Waals surface area (Å²) in [6, 6.07) is 4.16.